The third kappa shape index (κ3) is 2.41. The topological polar surface area (TPSA) is 34.9 Å². The number of hydrogen-bond acceptors (Lipinski definition) is 2. The van der Waals surface area contributed by atoms with Crippen LogP contribution in [0.3, 0.4) is 0 Å². The molecular weight excluding hydrogens is 164 g/mol. The minimum absolute atomic E-state index is 0.281. The molecule has 0 amide bonds. The second-order valence-electron chi connectivity index (χ2n) is 3.33. The van der Waals surface area contributed by atoms with E-state index in [1.165, 1.54) is 0 Å². The molecule has 0 fully saturated rings. The minimum atomic E-state index is 0.281. The zero-order chi connectivity index (χ0) is 9.84. The van der Waals surface area contributed by atoms with E-state index in [9.17, 15) is 4.79 Å². The molecule has 0 saturated carbocycles. The number of hydrogen-bond donors (Lipinski definition) is 0. The van der Waals surface area contributed by atoms with Crippen LogP contribution in [-0.2, 0) is 11.3 Å². The first-order valence-corrected chi connectivity index (χ1v) is 4.65. The molecule has 0 aliphatic carbocycles. The highest BCUT2D eigenvalue weighted by Gasteiger charge is 2.05. The van der Waals surface area contributed by atoms with E-state index in [0.29, 0.717) is 13.0 Å². The first kappa shape index (κ1) is 9.96. The summed E-state index contributed by atoms with van der Waals surface area (Å²) >= 11 is 0. The molecule has 13 heavy (non-hydrogen) atoms. The summed E-state index contributed by atoms with van der Waals surface area (Å²) in [5.74, 6) is 0.281. The predicted molar refractivity (Wildman–Crippen MR) is 51.6 cm³/mol. The highest BCUT2D eigenvalue weighted by atomic mass is 16.1. The number of Topliss-reactive ketones (excluding diaryl/α,β-unsaturated/α-hetero) is 1. The molecule has 0 bridgehead atoms. The summed E-state index contributed by atoms with van der Waals surface area (Å²) in [6.45, 7) is 6.43. The summed E-state index contributed by atoms with van der Waals surface area (Å²) < 4.78 is 1.91. The molecular formula is C10H16N2O. The molecule has 0 unspecified atom stereocenters. The fourth-order valence-electron chi connectivity index (χ4n) is 1.25. The van der Waals surface area contributed by atoms with Gasteiger partial charge in [0.05, 0.1) is 18.6 Å². The molecule has 0 aromatic carbocycles. The molecule has 0 aliphatic rings. The fourth-order valence-corrected chi connectivity index (χ4v) is 1.25. The second-order valence-corrected chi connectivity index (χ2v) is 3.33. The molecule has 3 heteroatoms. The van der Waals surface area contributed by atoms with E-state index in [1.54, 1.807) is 6.33 Å². The number of rotatable bonds is 4. The van der Waals surface area contributed by atoms with Crippen LogP contribution >= 0.6 is 0 Å². The van der Waals surface area contributed by atoms with Gasteiger partial charge < -0.3 is 4.57 Å². The van der Waals surface area contributed by atoms with Crippen LogP contribution in [0.15, 0.2) is 6.33 Å². The average molecular weight is 180 g/mol. The number of aromatic nitrogens is 2. The maximum absolute atomic E-state index is 11.3. The molecule has 1 heterocycles. The second kappa shape index (κ2) is 4.21. The van der Waals surface area contributed by atoms with Gasteiger partial charge in [-0.05, 0) is 20.3 Å². The van der Waals surface area contributed by atoms with Crippen molar-refractivity contribution in [2.75, 3.05) is 0 Å². The van der Waals surface area contributed by atoms with Crippen LogP contribution < -0.4 is 0 Å². The summed E-state index contributed by atoms with van der Waals surface area (Å²) in [4.78, 5) is 15.5. The molecule has 0 saturated heterocycles. The average Bonchev–Trinajstić information content (AvgIpc) is 2.37. The lowest BCUT2D eigenvalue weighted by atomic mass is 10.2. The van der Waals surface area contributed by atoms with Crippen molar-refractivity contribution >= 4 is 5.78 Å². The Morgan fingerprint density at radius 2 is 2.23 bits per heavy atom. The molecule has 72 valence electrons. The van der Waals surface area contributed by atoms with E-state index in [1.807, 2.05) is 25.3 Å². The van der Waals surface area contributed by atoms with Gasteiger partial charge in [0.1, 0.15) is 0 Å². The van der Waals surface area contributed by atoms with Crippen LogP contribution in [0.4, 0.5) is 0 Å². The van der Waals surface area contributed by atoms with Crippen LogP contribution in [0, 0.1) is 13.8 Å². The first-order chi connectivity index (χ1) is 6.15. The Labute approximate surface area is 78.8 Å². The van der Waals surface area contributed by atoms with Crippen molar-refractivity contribution in [3.05, 3.63) is 17.7 Å². The molecule has 0 radical (unpaired) electrons. The Morgan fingerprint density at radius 3 is 2.69 bits per heavy atom. The monoisotopic (exact) mass is 180 g/mol. The number of aryl methyl sites for hydroxylation is 1. The summed E-state index contributed by atoms with van der Waals surface area (Å²) in [5, 5.41) is 0. The molecule has 0 N–H and O–H groups in total. The van der Waals surface area contributed by atoms with Crippen molar-refractivity contribution in [1.29, 1.82) is 0 Å². The lowest BCUT2D eigenvalue weighted by Crippen LogP contribution is -2.09. The van der Waals surface area contributed by atoms with Crippen molar-refractivity contribution in [2.45, 2.75) is 40.2 Å². The summed E-state index contributed by atoms with van der Waals surface area (Å²) in [6.07, 6.45) is 3.32. The van der Waals surface area contributed by atoms with E-state index >= 15 is 0 Å². The minimum Gasteiger partial charge on any atom is -0.327 e. The van der Waals surface area contributed by atoms with Crippen molar-refractivity contribution in [1.82, 2.24) is 9.55 Å². The highest BCUT2D eigenvalue weighted by Crippen LogP contribution is 2.04. The van der Waals surface area contributed by atoms with Gasteiger partial charge in [-0.3, -0.25) is 4.79 Å². The Bertz CT molecular complexity index is 302. The third-order valence-electron chi connectivity index (χ3n) is 2.22. The van der Waals surface area contributed by atoms with Gasteiger partial charge in [0, 0.05) is 12.1 Å². The first-order valence-electron chi connectivity index (χ1n) is 4.65. The number of nitrogens with zero attached hydrogens (tertiary/aromatic N) is 2. The van der Waals surface area contributed by atoms with Gasteiger partial charge in [0.15, 0.2) is 5.78 Å². The standard InChI is InChI=1S/C10H16N2O/c1-4-5-10(13)6-12-7-11-8(2)9(12)3/h7H,4-6H2,1-3H3. The highest BCUT2D eigenvalue weighted by molar-refractivity contribution is 5.78. The van der Waals surface area contributed by atoms with Crippen LogP contribution in [0.1, 0.15) is 31.2 Å². The predicted octanol–water partition coefficient (Wildman–Crippen LogP) is 1.87. The van der Waals surface area contributed by atoms with Crippen LogP contribution in [0.5, 0.6) is 0 Å². The Kier molecular flexibility index (Phi) is 3.23. The largest absolute Gasteiger partial charge is 0.327 e. The van der Waals surface area contributed by atoms with Gasteiger partial charge in [-0.15, -0.1) is 0 Å². The summed E-state index contributed by atoms with van der Waals surface area (Å²) in [6, 6.07) is 0. The maximum Gasteiger partial charge on any atom is 0.152 e. The normalized spacial score (nSPS) is 10.4. The molecule has 1 aromatic heterocycles. The van der Waals surface area contributed by atoms with Crippen LogP contribution in [0.25, 0.3) is 0 Å². The quantitative estimate of drug-likeness (QED) is 0.709. The zero-order valence-corrected chi connectivity index (χ0v) is 8.50. The van der Waals surface area contributed by atoms with E-state index in [0.717, 1.165) is 17.8 Å². The molecule has 0 spiro atoms. The lowest BCUT2D eigenvalue weighted by Gasteiger charge is -2.03. The molecule has 0 aliphatic heterocycles. The molecule has 1 aromatic rings. The fraction of sp³-hybridized carbons (Fsp3) is 0.600. The van der Waals surface area contributed by atoms with E-state index < -0.39 is 0 Å². The maximum atomic E-state index is 11.3. The van der Waals surface area contributed by atoms with Gasteiger partial charge >= 0.3 is 0 Å². The van der Waals surface area contributed by atoms with Crippen LogP contribution in [-0.4, -0.2) is 15.3 Å². The van der Waals surface area contributed by atoms with Gasteiger partial charge in [0.2, 0.25) is 0 Å². The van der Waals surface area contributed by atoms with Crippen LogP contribution in [0.2, 0.25) is 0 Å². The Hall–Kier alpha value is -1.12. The number of ketones is 1. The lowest BCUT2D eigenvalue weighted by molar-refractivity contribution is -0.119. The Morgan fingerprint density at radius 1 is 1.54 bits per heavy atom. The van der Waals surface area contributed by atoms with Gasteiger partial charge in [-0.2, -0.15) is 0 Å². The number of carbonyl (C=O) groups is 1. The van der Waals surface area contributed by atoms with E-state index in [4.69, 9.17) is 0 Å². The van der Waals surface area contributed by atoms with Crippen molar-refractivity contribution in [3.8, 4) is 0 Å². The number of carbonyl (C=O) groups excluding carboxylic acids is 1. The number of imidazole rings is 1. The van der Waals surface area contributed by atoms with Crippen molar-refractivity contribution in [3.63, 3.8) is 0 Å². The zero-order valence-electron chi connectivity index (χ0n) is 8.50. The van der Waals surface area contributed by atoms with E-state index in [-0.39, 0.29) is 5.78 Å². The third-order valence-corrected chi connectivity index (χ3v) is 2.22. The molecule has 1 rings (SSSR count). The smallest absolute Gasteiger partial charge is 0.152 e. The van der Waals surface area contributed by atoms with Gasteiger partial charge in [-0.1, -0.05) is 6.92 Å². The summed E-state index contributed by atoms with van der Waals surface area (Å²) in [7, 11) is 0. The van der Waals surface area contributed by atoms with Crippen molar-refractivity contribution in [2.24, 2.45) is 0 Å². The molecule has 3 nitrogen and oxygen atoms in total. The SMILES string of the molecule is CCCC(=O)Cn1cnc(C)c1C. The van der Waals surface area contributed by atoms with Gasteiger partial charge in [-0.25, -0.2) is 4.98 Å². The van der Waals surface area contributed by atoms with Gasteiger partial charge in [0.25, 0.3) is 0 Å². The summed E-state index contributed by atoms with van der Waals surface area (Å²) in [5.41, 5.74) is 2.09. The van der Waals surface area contributed by atoms with E-state index in [2.05, 4.69) is 4.98 Å². The molecule has 0 atom stereocenters. The van der Waals surface area contributed by atoms with Crippen molar-refractivity contribution < 1.29 is 4.79 Å². The Balaban J connectivity index is 2.64.